The van der Waals surface area contributed by atoms with Gasteiger partial charge in [-0.25, -0.2) is 4.79 Å². The van der Waals surface area contributed by atoms with Gasteiger partial charge in [-0.05, 0) is 44.2 Å². The highest BCUT2D eigenvalue weighted by molar-refractivity contribution is 7.57. The number of carboxylic acid groups (broad SMARTS) is 1. The molecule has 1 N–H and O–H groups in total. The molecule has 0 saturated heterocycles. The van der Waals surface area contributed by atoms with Gasteiger partial charge in [0.1, 0.15) is 0 Å². The molecule has 0 aliphatic heterocycles. The largest absolute Gasteiger partial charge is 0.505 e. The normalized spacial score (nSPS) is 10.9. The van der Waals surface area contributed by atoms with E-state index in [-0.39, 0.29) is 0 Å². The third-order valence-corrected chi connectivity index (χ3v) is 9.55. The summed E-state index contributed by atoms with van der Waals surface area (Å²) in [6.07, 6.45) is 34.3. The summed E-state index contributed by atoms with van der Waals surface area (Å²) in [6, 6.07) is 0. The summed E-state index contributed by atoms with van der Waals surface area (Å²) in [5.74, 6) is 0. The van der Waals surface area contributed by atoms with Crippen molar-refractivity contribution in [1.29, 1.82) is 0 Å². The smallest absolute Gasteiger partial charge is 0.450 e. The summed E-state index contributed by atoms with van der Waals surface area (Å²) in [7, 11) is 0.366. The molecule has 0 spiro atoms. The minimum atomic E-state index is -1.17. The van der Waals surface area contributed by atoms with Crippen LogP contribution in [0.5, 0.6) is 0 Å². The molecular weight excluding hydrogens is 451 g/mol. The van der Waals surface area contributed by atoms with Gasteiger partial charge in [-0.15, -0.1) is 7.92 Å². The first-order valence-electron chi connectivity index (χ1n) is 15.7. The van der Waals surface area contributed by atoms with Gasteiger partial charge in [-0.2, -0.15) is 0 Å². The minimum absolute atomic E-state index is 0.343. The van der Waals surface area contributed by atoms with Crippen LogP contribution in [-0.2, 0) is 4.74 Å². The van der Waals surface area contributed by atoms with Crippen molar-refractivity contribution < 1.29 is 14.6 Å². The van der Waals surface area contributed by atoms with E-state index < -0.39 is 6.16 Å². The van der Waals surface area contributed by atoms with Gasteiger partial charge in [0.25, 0.3) is 0 Å². The lowest BCUT2D eigenvalue weighted by atomic mass is 10.1. The van der Waals surface area contributed by atoms with E-state index in [4.69, 9.17) is 5.11 Å². The molecular formula is C31H65O3P. The molecule has 0 amide bonds. The lowest BCUT2D eigenvalue weighted by molar-refractivity contribution is 0.0900. The zero-order valence-corrected chi connectivity index (χ0v) is 25.5. The van der Waals surface area contributed by atoms with Gasteiger partial charge in [0, 0.05) is 0 Å². The maximum absolute atomic E-state index is 9.81. The molecule has 0 fully saturated rings. The van der Waals surface area contributed by atoms with Crippen molar-refractivity contribution in [1.82, 2.24) is 0 Å². The first kappa shape index (κ1) is 36.9. The van der Waals surface area contributed by atoms with Gasteiger partial charge >= 0.3 is 6.16 Å². The van der Waals surface area contributed by atoms with Crippen molar-refractivity contribution in [3.63, 3.8) is 0 Å². The second-order valence-corrected chi connectivity index (χ2v) is 13.0. The fourth-order valence-corrected chi connectivity index (χ4v) is 7.05. The third kappa shape index (κ3) is 35.9. The van der Waals surface area contributed by atoms with E-state index in [0.29, 0.717) is 14.5 Å². The maximum Gasteiger partial charge on any atom is 0.505 e. The highest BCUT2D eigenvalue weighted by Gasteiger charge is 2.08. The van der Waals surface area contributed by atoms with Crippen LogP contribution in [0.1, 0.15) is 169 Å². The van der Waals surface area contributed by atoms with E-state index in [1.54, 1.807) is 18.5 Å². The zero-order chi connectivity index (χ0) is 26.2. The molecule has 0 aromatic carbocycles. The average molecular weight is 517 g/mol. The zero-order valence-electron chi connectivity index (χ0n) is 24.6. The van der Waals surface area contributed by atoms with Crippen molar-refractivity contribution in [2.75, 3.05) is 25.1 Å². The van der Waals surface area contributed by atoms with Crippen molar-refractivity contribution in [3.05, 3.63) is 0 Å². The Labute approximate surface area is 222 Å². The SMILES string of the molecule is CCCCCCCCP(CCCCCCCC)CCCCCCCC.CCCCCCOC(=O)O. The van der Waals surface area contributed by atoms with Gasteiger partial charge in [-0.3, -0.25) is 0 Å². The summed E-state index contributed by atoms with van der Waals surface area (Å²) in [5, 5.41) is 8.05. The van der Waals surface area contributed by atoms with E-state index in [1.807, 2.05) is 0 Å². The van der Waals surface area contributed by atoms with E-state index in [9.17, 15) is 4.79 Å². The Morgan fingerprint density at radius 3 is 1.09 bits per heavy atom. The van der Waals surface area contributed by atoms with Crippen LogP contribution in [-0.4, -0.2) is 36.4 Å². The van der Waals surface area contributed by atoms with Crippen molar-refractivity contribution in [2.24, 2.45) is 0 Å². The molecule has 0 aliphatic carbocycles. The van der Waals surface area contributed by atoms with Crippen LogP contribution in [0.3, 0.4) is 0 Å². The van der Waals surface area contributed by atoms with Crippen LogP contribution >= 0.6 is 7.92 Å². The second kappa shape index (κ2) is 33.7. The fourth-order valence-electron chi connectivity index (χ4n) is 4.37. The number of rotatable bonds is 26. The number of hydrogen-bond donors (Lipinski definition) is 1. The van der Waals surface area contributed by atoms with E-state index in [1.165, 1.54) is 116 Å². The van der Waals surface area contributed by atoms with Gasteiger partial charge in [0.15, 0.2) is 0 Å². The van der Waals surface area contributed by atoms with Crippen molar-refractivity contribution >= 4 is 14.1 Å². The first-order valence-corrected chi connectivity index (χ1v) is 17.6. The average Bonchev–Trinajstić information content (AvgIpc) is 2.85. The molecule has 0 aromatic rings. The Kier molecular flexibility index (Phi) is 35.5. The number of unbranched alkanes of at least 4 members (excludes halogenated alkanes) is 18. The van der Waals surface area contributed by atoms with Gasteiger partial charge in [0.2, 0.25) is 0 Å². The summed E-state index contributed by atoms with van der Waals surface area (Å²) in [5.41, 5.74) is 0. The number of carbonyl (C=O) groups is 1. The van der Waals surface area contributed by atoms with E-state index in [0.717, 1.165) is 25.7 Å². The van der Waals surface area contributed by atoms with Crippen LogP contribution in [0.2, 0.25) is 0 Å². The lowest BCUT2D eigenvalue weighted by Crippen LogP contribution is -2.01. The molecule has 3 nitrogen and oxygen atoms in total. The number of ether oxygens (including phenoxy) is 1. The van der Waals surface area contributed by atoms with Crippen LogP contribution < -0.4 is 0 Å². The molecule has 0 rings (SSSR count). The summed E-state index contributed by atoms with van der Waals surface area (Å²) >= 11 is 0. The molecule has 0 bridgehead atoms. The summed E-state index contributed by atoms with van der Waals surface area (Å²) in [6.45, 7) is 9.41. The fraction of sp³-hybridized carbons (Fsp3) is 0.968. The Hall–Kier alpha value is -0.300. The predicted octanol–water partition coefficient (Wildman–Crippen LogP) is 11.8. The molecule has 0 saturated carbocycles. The van der Waals surface area contributed by atoms with Crippen LogP contribution in [0.15, 0.2) is 0 Å². The Balaban J connectivity index is 0. The second-order valence-electron chi connectivity index (χ2n) is 10.3. The predicted molar refractivity (Wildman–Crippen MR) is 160 cm³/mol. The topological polar surface area (TPSA) is 46.5 Å². The highest BCUT2D eigenvalue weighted by Crippen LogP contribution is 2.39. The quantitative estimate of drug-likeness (QED) is 0.0706. The monoisotopic (exact) mass is 516 g/mol. The standard InChI is InChI=1S/C24H51P.C7H14O3/c1-4-7-10-13-16-19-22-25(23-20-17-14-11-8-5-2)24-21-18-15-12-9-6-3;1-2-3-4-5-6-10-7(8)9/h4-24H2,1-3H3;2-6H2,1H3,(H,8,9). The Morgan fingerprint density at radius 1 is 0.486 bits per heavy atom. The van der Waals surface area contributed by atoms with Crippen LogP contribution in [0.4, 0.5) is 4.79 Å². The molecule has 212 valence electrons. The lowest BCUT2D eigenvalue weighted by Gasteiger charge is -2.18. The molecule has 0 radical (unpaired) electrons. The Bertz CT molecular complexity index is 351. The molecule has 4 heteroatoms. The Morgan fingerprint density at radius 2 is 0.771 bits per heavy atom. The summed E-state index contributed by atoms with van der Waals surface area (Å²) in [4.78, 5) is 9.81. The number of hydrogen-bond acceptors (Lipinski definition) is 2. The molecule has 0 aliphatic rings. The molecule has 0 atom stereocenters. The first-order chi connectivity index (χ1) is 17.1. The third-order valence-electron chi connectivity index (χ3n) is 6.71. The molecule has 0 heterocycles. The van der Waals surface area contributed by atoms with Crippen LogP contribution in [0.25, 0.3) is 0 Å². The van der Waals surface area contributed by atoms with Gasteiger partial charge in [-0.1, -0.05) is 143 Å². The van der Waals surface area contributed by atoms with Gasteiger partial charge < -0.3 is 9.84 Å². The van der Waals surface area contributed by atoms with E-state index in [2.05, 4.69) is 32.4 Å². The highest BCUT2D eigenvalue weighted by atomic mass is 31.1. The summed E-state index contributed by atoms with van der Waals surface area (Å²) < 4.78 is 4.31. The molecule has 0 unspecified atom stereocenters. The van der Waals surface area contributed by atoms with E-state index >= 15 is 0 Å². The molecule has 35 heavy (non-hydrogen) atoms. The maximum atomic E-state index is 9.81. The van der Waals surface area contributed by atoms with Crippen molar-refractivity contribution in [3.8, 4) is 0 Å². The van der Waals surface area contributed by atoms with Crippen LogP contribution in [0, 0.1) is 0 Å². The minimum Gasteiger partial charge on any atom is -0.450 e. The van der Waals surface area contributed by atoms with Crippen molar-refractivity contribution in [2.45, 2.75) is 169 Å². The molecule has 0 aromatic heterocycles. The van der Waals surface area contributed by atoms with Gasteiger partial charge in [0.05, 0.1) is 6.61 Å².